The molecule has 0 aliphatic heterocycles. The molecule has 2 heterocycles. The third-order valence-corrected chi connectivity index (χ3v) is 6.08. The van der Waals surface area contributed by atoms with E-state index in [0.29, 0.717) is 6.54 Å². The molecule has 2 aromatic rings. The molecule has 6 heteroatoms. The average Bonchev–Trinajstić information content (AvgIpc) is 2.93. The minimum Gasteiger partial charge on any atom is -0.350 e. The number of carbonyl (C=O) groups is 1. The van der Waals surface area contributed by atoms with E-state index in [9.17, 15) is 4.79 Å². The van der Waals surface area contributed by atoms with Crippen molar-refractivity contribution in [3.63, 3.8) is 0 Å². The number of anilines is 1. The first kappa shape index (κ1) is 17.1. The lowest BCUT2D eigenvalue weighted by atomic mass is 9.89. The number of hydrogen-bond donors (Lipinski definition) is 0. The van der Waals surface area contributed by atoms with Crippen molar-refractivity contribution in [3.05, 3.63) is 16.8 Å². The second kappa shape index (κ2) is 7.05. The van der Waals surface area contributed by atoms with Crippen molar-refractivity contribution < 1.29 is 4.79 Å². The molecule has 0 saturated heterocycles. The maximum absolute atomic E-state index is 12.4. The van der Waals surface area contributed by atoms with E-state index in [1.165, 1.54) is 22.2 Å². The number of aromatic nitrogens is 2. The van der Waals surface area contributed by atoms with Gasteiger partial charge in [0.15, 0.2) is 0 Å². The molecule has 130 valence electrons. The first-order chi connectivity index (χ1) is 11.5. The molecule has 0 spiro atoms. The van der Waals surface area contributed by atoms with Crippen molar-refractivity contribution in [2.24, 2.45) is 5.92 Å². The number of rotatable bonds is 5. The van der Waals surface area contributed by atoms with Gasteiger partial charge in [-0.2, -0.15) is 0 Å². The summed E-state index contributed by atoms with van der Waals surface area (Å²) < 4.78 is 0. The summed E-state index contributed by atoms with van der Waals surface area (Å²) >= 11 is 1.80. The number of hydrogen-bond acceptors (Lipinski definition) is 5. The van der Waals surface area contributed by atoms with Crippen LogP contribution in [0.4, 0.5) is 5.82 Å². The molecule has 5 nitrogen and oxygen atoms in total. The zero-order valence-electron chi connectivity index (χ0n) is 15.0. The molecular formula is C18H26N4OS. The number of aryl methyl sites for hydroxylation is 1. The molecule has 0 bridgehead atoms. The third kappa shape index (κ3) is 3.11. The molecule has 1 aliphatic carbocycles. The second-order valence-corrected chi connectivity index (χ2v) is 7.73. The Morgan fingerprint density at radius 2 is 2.08 bits per heavy atom. The predicted octanol–water partition coefficient (Wildman–Crippen LogP) is 3.12. The number of nitrogens with zero attached hydrogens (tertiary/aromatic N) is 4. The first-order valence-corrected chi connectivity index (χ1v) is 9.60. The third-order valence-electron chi connectivity index (χ3n) is 4.92. The average molecular weight is 347 g/mol. The first-order valence-electron chi connectivity index (χ1n) is 8.79. The van der Waals surface area contributed by atoms with Crippen molar-refractivity contribution in [3.8, 4) is 0 Å². The topological polar surface area (TPSA) is 49.3 Å². The highest BCUT2D eigenvalue weighted by Gasteiger charge is 2.25. The van der Waals surface area contributed by atoms with Crippen LogP contribution >= 0.6 is 11.3 Å². The standard InChI is InChI=1S/C18H26N4OS/c1-5-22(6-2)15(23)10-21(4)17-16-13-8-7-12(3)9-14(13)24-18(16)20-11-19-17/h11-12H,5-10H2,1-4H3/t12-/m0/s1. The smallest absolute Gasteiger partial charge is 0.242 e. The quantitative estimate of drug-likeness (QED) is 0.835. The lowest BCUT2D eigenvalue weighted by Crippen LogP contribution is -2.39. The van der Waals surface area contributed by atoms with Gasteiger partial charge in [0.2, 0.25) is 5.91 Å². The number of amides is 1. The summed E-state index contributed by atoms with van der Waals surface area (Å²) in [5.41, 5.74) is 1.41. The molecule has 24 heavy (non-hydrogen) atoms. The zero-order chi connectivity index (χ0) is 17.3. The molecule has 0 radical (unpaired) electrons. The fourth-order valence-corrected chi connectivity index (χ4v) is 4.85. The van der Waals surface area contributed by atoms with Gasteiger partial charge in [-0.25, -0.2) is 9.97 Å². The summed E-state index contributed by atoms with van der Waals surface area (Å²) in [7, 11) is 1.96. The van der Waals surface area contributed by atoms with Crippen LogP contribution in [-0.4, -0.2) is 47.5 Å². The van der Waals surface area contributed by atoms with Gasteiger partial charge < -0.3 is 9.80 Å². The van der Waals surface area contributed by atoms with E-state index in [-0.39, 0.29) is 5.91 Å². The van der Waals surface area contributed by atoms with Crippen molar-refractivity contribution in [1.29, 1.82) is 0 Å². The molecular weight excluding hydrogens is 320 g/mol. The minimum atomic E-state index is 0.145. The monoisotopic (exact) mass is 346 g/mol. The maximum atomic E-state index is 12.4. The SMILES string of the molecule is CCN(CC)C(=O)CN(C)c1ncnc2sc3c(c12)CC[C@H](C)C3. The van der Waals surface area contributed by atoms with Gasteiger partial charge in [-0.1, -0.05) is 6.92 Å². The normalized spacial score (nSPS) is 16.9. The molecule has 0 saturated carbocycles. The highest BCUT2D eigenvalue weighted by Crippen LogP contribution is 2.40. The molecule has 0 unspecified atom stereocenters. The summed E-state index contributed by atoms with van der Waals surface area (Å²) in [5.74, 6) is 1.78. The molecule has 3 rings (SSSR count). The van der Waals surface area contributed by atoms with E-state index in [0.717, 1.165) is 42.5 Å². The van der Waals surface area contributed by atoms with E-state index < -0.39 is 0 Å². The summed E-state index contributed by atoms with van der Waals surface area (Å²) in [6.07, 6.45) is 5.07. The van der Waals surface area contributed by atoms with Gasteiger partial charge in [0.25, 0.3) is 0 Å². The fourth-order valence-electron chi connectivity index (χ4n) is 3.50. The van der Waals surface area contributed by atoms with Gasteiger partial charge in [-0.15, -0.1) is 11.3 Å². The molecule has 1 atom stereocenters. The minimum absolute atomic E-state index is 0.145. The molecule has 1 aliphatic rings. The molecule has 2 aromatic heterocycles. The summed E-state index contributed by atoms with van der Waals surface area (Å²) in [5, 5.41) is 1.17. The number of thiophene rings is 1. The van der Waals surface area contributed by atoms with Gasteiger partial charge >= 0.3 is 0 Å². The Hall–Kier alpha value is -1.69. The van der Waals surface area contributed by atoms with E-state index >= 15 is 0 Å². The Bertz CT molecular complexity index is 738. The molecule has 0 aromatic carbocycles. The highest BCUT2D eigenvalue weighted by atomic mass is 32.1. The Balaban J connectivity index is 1.93. The van der Waals surface area contributed by atoms with E-state index in [4.69, 9.17) is 0 Å². The Morgan fingerprint density at radius 1 is 1.33 bits per heavy atom. The number of carbonyl (C=O) groups excluding carboxylic acids is 1. The van der Waals surface area contributed by atoms with Crippen LogP contribution in [0.2, 0.25) is 0 Å². The zero-order valence-corrected chi connectivity index (χ0v) is 15.8. The predicted molar refractivity (Wildman–Crippen MR) is 99.8 cm³/mol. The van der Waals surface area contributed by atoms with Crippen LogP contribution < -0.4 is 4.90 Å². The Kier molecular flexibility index (Phi) is 5.04. The van der Waals surface area contributed by atoms with Gasteiger partial charge in [-0.3, -0.25) is 4.79 Å². The van der Waals surface area contributed by atoms with E-state index in [1.54, 1.807) is 17.7 Å². The molecule has 1 amide bonds. The van der Waals surface area contributed by atoms with Crippen molar-refractivity contribution in [2.45, 2.75) is 40.0 Å². The van der Waals surface area contributed by atoms with E-state index in [2.05, 4.69) is 16.9 Å². The summed E-state index contributed by atoms with van der Waals surface area (Å²) in [6, 6.07) is 0. The summed E-state index contributed by atoms with van der Waals surface area (Å²) in [6.45, 7) is 8.19. The lowest BCUT2D eigenvalue weighted by Gasteiger charge is -2.24. The number of fused-ring (bicyclic) bond motifs is 3. The van der Waals surface area contributed by atoms with Crippen molar-refractivity contribution in [2.75, 3.05) is 31.6 Å². The number of likely N-dealkylation sites (N-methyl/N-ethyl adjacent to an activating group) is 2. The summed E-state index contributed by atoms with van der Waals surface area (Å²) in [4.78, 5) is 27.8. The maximum Gasteiger partial charge on any atom is 0.242 e. The molecule has 0 fully saturated rings. The van der Waals surface area contributed by atoms with Crippen molar-refractivity contribution in [1.82, 2.24) is 14.9 Å². The van der Waals surface area contributed by atoms with Crippen molar-refractivity contribution >= 4 is 33.3 Å². The Labute approximate surface area is 147 Å². The van der Waals surface area contributed by atoms with Crippen LogP contribution in [0, 0.1) is 5.92 Å². The van der Waals surface area contributed by atoms with Crippen LogP contribution in [0.5, 0.6) is 0 Å². The van der Waals surface area contributed by atoms with Crippen LogP contribution in [-0.2, 0) is 17.6 Å². The largest absolute Gasteiger partial charge is 0.350 e. The second-order valence-electron chi connectivity index (χ2n) is 6.65. The van der Waals surface area contributed by atoms with Crippen LogP contribution in [0.3, 0.4) is 0 Å². The van der Waals surface area contributed by atoms with Gasteiger partial charge in [-0.05, 0) is 44.6 Å². The van der Waals surface area contributed by atoms with Gasteiger partial charge in [0, 0.05) is 25.0 Å². The Morgan fingerprint density at radius 3 is 2.79 bits per heavy atom. The molecule has 0 N–H and O–H groups in total. The van der Waals surface area contributed by atoms with Gasteiger partial charge in [0.1, 0.15) is 17.0 Å². The fraction of sp³-hybridized carbons (Fsp3) is 0.611. The van der Waals surface area contributed by atoms with Crippen LogP contribution in [0.25, 0.3) is 10.2 Å². The van der Waals surface area contributed by atoms with E-state index in [1.807, 2.05) is 30.7 Å². The lowest BCUT2D eigenvalue weighted by molar-refractivity contribution is -0.129. The highest BCUT2D eigenvalue weighted by molar-refractivity contribution is 7.19. The van der Waals surface area contributed by atoms with Gasteiger partial charge in [0.05, 0.1) is 11.9 Å². The van der Waals surface area contributed by atoms with Crippen LogP contribution in [0.15, 0.2) is 6.33 Å². The van der Waals surface area contributed by atoms with Crippen LogP contribution in [0.1, 0.15) is 37.6 Å².